The number of anilines is 1. The lowest BCUT2D eigenvalue weighted by Gasteiger charge is -2.24. The molecular formula is C16H12ClN3S. The first-order valence-corrected chi connectivity index (χ1v) is 7.89. The van der Waals surface area contributed by atoms with Crippen molar-refractivity contribution in [2.24, 2.45) is 0 Å². The summed E-state index contributed by atoms with van der Waals surface area (Å²) in [5.41, 5.74) is 2.94. The first-order chi connectivity index (χ1) is 10.2. The monoisotopic (exact) mass is 313 g/mol. The molecule has 5 heteroatoms. The van der Waals surface area contributed by atoms with Crippen LogP contribution in [0.15, 0.2) is 24.3 Å². The number of thiophene rings is 1. The van der Waals surface area contributed by atoms with Crippen LogP contribution in [0.5, 0.6) is 0 Å². The minimum absolute atomic E-state index is 0.219. The molecule has 0 fully saturated rings. The van der Waals surface area contributed by atoms with E-state index in [-0.39, 0.29) is 6.04 Å². The summed E-state index contributed by atoms with van der Waals surface area (Å²) in [4.78, 5) is 1.35. The van der Waals surface area contributed by atoms with E-state index in [0.717, 1.165) is 29.3 Å². The molecule has 104 valence electrons. The Morgan fingerprint density at radius 3 is 2.76 bits per heavy atom. The van der Waals surface area contributed by atoms with Gasteiger partial charge in [-0.3, -0.25) is 0 Å². The third-order valence-electron chi connectivity index (χ3n) is 3.69. The van der Waals surface area contributed by atoms with Crippen LogP contribution in [0.2, 0.25) is 4.34 Å². The fraction of sp³-hybridized carbons (Fsp3) is 0.250. The zero-order valence-corrected chi connectivity index (χ0v) is 12.8. The van der Waals surface area contributed by atoms with Crippen LogP contribution in [0.4, 0.5) is 5.69 Å². The maximum absolute atomic E-state index is 9.10. The number of nitriles is 2. The van der Waals surface area contributed by atoms with Crippen molar-refractivity contribution in [2.45, 2.75) is 25.3 Å². The molecule has 0 radical (unpaired) electrons. The van der Waals surface area contributed by atoms with Crippen LogP contribution in [0.1, 0.15) is 40.5 Å². The molecule has 1 aliphatic rings. The highest BCUT2D eigenvalue weighted by molar-refractivity contribution is 7.16. The van der Waals surface area contributed by atoms with Gasteiger partial charge in [-0.15, -0.1) is 11.3 Å². The van der Waals surface area contributed by atoms with Crippen molar-refractivity contribution in [1.82, 2.24) is 0 Å². The van der Waals surface area contributed by atoms with Crippen LogP contribution in [0, 0.1) is 22.7 Å². The van der Waals surface area contributed by atoms with Crippen molar-refractivity contribution < 1.29 is 0 Å². The number of nitrogens with zero attached hydrogens (tertiary/aromatic N) is 2. The highest BCUT2D eigenvalue weighted by atomic mass is 35.5. The van der Waals surface area contributed by atoms with Crippen LogP contribution < -0.4 is 5.32 Å². The minimum Gasteiger partial charge on any atom is -0.378 e. The Morgan fingerprint density at radius 1 is 1.19 bits per heavy atom. The van der Waals surface area contributed by atoms with E-state index in [9.17, 15) is 0 Å². The molecule has 0 saturated heterocycles. The Bertz CT molecular complexity index is 767. The number of hydrogen-bond donors (Lipinski definition) is 1. The zero-order valence-electron chi connectivity index (χ0n) is 11.2. The van der Waals surface area contributed by atoms with Crippen molar-refractivity contribution in [3.8, 4) is 12.1 Å². The molecular weight excluding hydrogens is 302 g/mol. The van der Waals surface area contributed by atoms with Crippen LogP contribution in [0.25, 0.3) is 0 Å². The van der Waals surface area contributed by atoms with Gasteiger partial charge >= 0.3 is 0 Å². The van der Waals surface area contributed by atoms with Gasteiger partial charge in [-0.05, 0) is 49.1 Å². The number of hydrogen-bond acceptors (Lipinski definition) is 4. The SMILES string of the molecule is N#Cc1ccc(NC2CCCc3sc(Cl)cc32)cc1C#N. The van der Waals surface area contributed by atoms with Crippen LogP contribution in [-0.4, -0.2) is 0 Å². The van der Waals surface area contributed by atoms with Crippen molar-refractivity contribution in [3.63, 3.8) is 0 Å². The third-order valence-corrected chi connectivity index (χ3v) is 5.02. The summed E-state index contributed by atoms with van der Waals surface area (Å²) < 4.78 is 0.825. The van der Waals surface area contributed by atoms with E-state index >= 15 is 0 Å². The van der Waals surface area contributed by atoms with Crippen molar-refractivity contribution in [3.05, 3.63) is 50.2 Å². The predicted molar refractivity (Wildman–Crippen MR) is 84.5 cm³/mol. The molecule has 1 N–H and O–H groups in total. The average molecular weight is 314 g/mol. The molecule has 1 atom stereocenters. The second-order valence-electron chi connectivity index (χ2n) is 5.00. The van der Waals surface area contributed by atoms with E-state index in [0.29, 0.717) is 11.1 Å². The highest BCUT2D eigenvalue weighted by Crippen LogP contribution is 2.39. The standard InChI is InChI=1S/C16H12ClN3S/c17-16-7-13-14(2-1-3-15(13)21-16)20-12-5-4-10(8-18)11(6-12)9-19/h4-7,14,20H,1-3H2. The van der Waals surface area contributed by atoms with E-state index in [1.54, 1.807) is 23.5 Å². The van der Waals surface area contributed by atoms with Gasteiger partial charge in [0.15, 0.2) is 0 Å². The molecule has 1 aromatic carbocycles. The fourth-order valence-corrected chi connectivity index (χ4v) is 4.08. The molecule has 0 aliphatic heterocycles. The maximum atomic E-state index is 9.10. The summed E-state index contributed by atoms with van der Waals surface area (Å²) in [6.45, 7) is 0. The summed E-state index contributed by atoms with van der Waals surface area (Å²) in [5.74, 6) is 0. The molecule has 0 bridgehead atoms. The summed E-state index contributed by atoms with van der Waals surface area (Å²) in [6.07, 6.45) is 3.26. The molecule has 21 heavy (non-hydrogen) atoms. The first-order valence-electron chi connectivity index (χ1n) is 6.70. The second-order valence-corrected chi connectivity index (χ2v) is 6.77. The molecule has 3 nitrogen and oxygen atoms in total. The number of fused-ring (bicyclic) bond motifs is 1. The Hall–Kier alpha value is -2.01. The Balaban J connectivity index is 1.88. The number of rotatable bonds is 2. The van der Waals surface area contributed by atoms with Gasteiger partial charge in [0.2, 0.25) is 0 Å². The molecule has 1 aromatic heterocycles. The molecule has 0 amide bonds. The van der Waals surface area contributed by atoms with E-state index in [1.165, 1.54) is 10.4 Å². The van der Waals surface area contributed by atoms with Gasteiger partial charge < -0.3 is 5.32 Å². The summed E-state index contributed by atoms with van der Waals surface area (Å²) in [5, 5.41) is 21.5. The van der Waals surface area contributed by atoms with Crippen molar-refractivity contribution in [2.75, 3.05) is 5.32 Å². The normalized spacial score (nSPS) is 16.6. The molecule has 1 aliphatic carbocycles. The molecule has 1 heterocycles. The largest absolute Gasteiger partial charge is 0.378 e. The summed E-state index contributed by atoms with van der Waals surface area (Å²) in [7, 11) is 0. The highest BCUT2D eigenvalue weighted by Gasteiger charge is 2.22. The van der Waals surface area contributed by atoms with Gasteiger partial charge in [0.25, 0.3) is 0 Å². The van der Waals surface area contributed by atoms with Crippen molar-refractivity contribution >= 4 is 28.6 Å². The zero-order chi connectivity index (χ0) is 14.8. The van der Waals surface area contributed by atoms with Gasteiger partial charge in [0.1, 0.15) is 12.1 Å². The van der Waals surface area contributed by atoms with E-state index in [1.807, 2.05) is 18.2 Å². The van der Waals surface area contributed by atoms with E-state index in [2.05, 4.69) is 11.4 Å². The third kappa shape index (κ3) is 2.74. The Kier molecular flexibility index (Phi) is 3.84. The first kappa shape index (κ1) is 13.9. The lowest BCUT2D eigenvalue weighted by atomic mass is 9.93. The lowest BCUT2D eigenvalue weighted by molar-refractivity contribution is 0.609. The molecule has 0 saturated carbocycles. The quantitative estimate of drug-likeness (QED) is 0.879. The number of halogens is 1. The van der Waals surface area contributed by atoms with Crippen LogP contribution >= 0.6 is 22.9 Å². The van der Waals surface area contributed by atoms with E-state index < -0.39 is 0 Å². The molecule has 1 unspecified atom stereocenters. The number of benzene rings is 1. The molecule has 0 spiro atoms. The smallest absolute Gasteiger partial charge is 0.101 e. The summed E-state index contributed by atoms with van der Waals surface area (Å²) >= 11 is 7.77. The Labute approximate surface area is 132 Å². The number of aryl methyl sites for hydroxylation is 1. The average Bonchev–Trinajstić information content (AvgIpc) is 2.88. The minimum atomic E-state index is 0.219. The van der Waals surface area contributed by atoms with Crippen LogP contribution in [0.3, 0.4) is 0 Å². The molecule has 3 rings (SSSR count). The number of nitrogens with one attached hydrogen (secondary N) is 1. The fourth-order valence-electron chi connectivity index (χ4n) is 2.70. The molecule has 2 aromatic rings. The van der Waals surface area contributed by atoms with E-state index in [4.69, 9.17) is 22.1 Å². The topological polar surface area (TPSA) is 59.6 Å². The second kappa shape index (κ2) is 5.77. The lowest BCUT2D eigenvalue weighted by Crippen LogP contribution is -2.15. The Morgan fingerprint density at radius 2 is 2.00 bits per heavy atom. The van der Waals surface area contributed by atoms with Gasteiger partial charge in [-0.25, -0.2) is 0 Å². The van der Waals surface area contributed by atoms with Gasteiger partial charge in [-0.2, -0.15) is 10.5 Å². The van der Waals surface area contributed by atoms with Gasteiger partial charge in [0.05, 0.1) is 21.5 Å². The van der Waals surface area contributed by atoms with Crippen molar-refractivity contribution in [1.29, 1.82) is 10.5 Å². The van der Waals surface area contributed by atoms with Gasteiger partial charge in [0, 0.05) is 10.6 Å². The predicted octanol–water partition coefficient (Wildman–Crippen LogP) is 4.63. The summed E-state index contributed by atoms with van der Waals surface area (Å²) in [6, 6.07) is 11.6. The van der Waals surface area contributed by atoms with Crippen LogP contribution in [-0.2, 0) is 6.42 Å². The maximum Gasteiger partial charge on any atom is 0.101 e. The van der Waals surface area contributed by atoms with Gasteiger partial charge in [-0.1, -0.05) is 11.6 Å².